The van der Waals surface area contributed by atoms with Gasteiger partial charge in [-0.2, -0.15) is 0 Å². The second kappa shape index (κ2) is 12.5. The van der Waals surface area contributed by atoms with Crippen LogP contribution < -0.4 is 0 Å². The second-order valence-corrected chi connectivity index (χ2v) is 7.69. The number of carboxylic acids is 1. The average Bonchev–Trinajstić information content (AvgIpc) is 2.99. The Hall–Kier alpha value is -0.910. The summed E-state index contributed by atoms with van der Waals surface area (Å²) in [7, 11) is 1.79. The number of ether oxygens (including phenoxy) is 1. The van der Waals surface area contributed by atoms with Gasteiger partial charge in [-0.05, 0) is 44.4 Å². The summed E-state index contributed by atoms with van der Waals surface area (Å²) in [6, 6.07) is 0. The molecule has 152 valence electrons. The van der Waals surface area contributed by atoms with Crippen molar-refractivity contribution in [2.75, 3.05) is 7.11 Å². The van der Waals surface area contributed by atoms with E-state index in [9.17, 15) is 15.0 Å². The van der Waals surface area contributed by atoms with Gasteiger partial charge < -0.3 is 20.1 Å². The Kier molecular flexibility index (Phi) is 11.1. The number of hydrogen-bond acceptors (Lipinski definition) is 4. The van der Waals surface area contributed by atoms with E-state index in [-0.39, 0.29) is 6.42 Å². The minimum absolute atomic E-state index is 0.116. The van der Waals surface area contributed by atoms with E-state index >= 15 is 0 Å². The molecule has 5 heteroatoms. The molecule has 1 fully saturated rings. The lowest BCUT2D eigenvalue weighted by Gasteiger charge is -2.21. The third kappa shape index (κ3) is 8.19. The van der Waals surface area contributed by atoms with Crippen molar-refractivity contribution < 1.29 is 24.9 Å². The molecular weight excluding hydrogens is 332 g/mol. The van der Waals surface area contributed by atoms with E-state index in [0.29, 0.717) is 24.4 Å². The van der Waals surface area contributed by atoms with E-state index in [0.717, 1.165) is 32.1 Å². The van der Waals surface area contributed by atoms with Crippen LogP contribution in [-0.2, 0) is 9.53 Å². The standard InChI is InChI=1S/C21H38O5/c1-3-4-5-6-7-10-13-18-17(14-15-19(18)26-2)12-9-8-11-16-21(24,25)20(22)23/h10,13,17-19,24-25H,3-9,11-12,14-16H2,1-2H3,(H,22,23)/t17-,18+,19+/m0/s1. The number of aliphatic hydroxyl groups is 2. The Bertz CT molecular complexity index is 419. The van der Waals surface area contributed by atoms with E-state index < -0.39 is 11.8 Å². The van der Waals surface area contributed by atoms with Crippen LogP contribution in [0.2, 0.25) is 0 Å². The molecule has 1 aliphatic carbocycles. The lowest BCUT2D eigenvalue weighted by atomic mass is 9.89. The van der Waals surface area contributed by atoms with Gasteiger partial charge in [0, 0.05) is 19.4 Å². The van der Waals surface area contributed by atoms with Gasteiger partial charge in [0.1, 0.15) is 0 Å². The minimum Gasteiger partial charge on any atom is -0.477 e. The quantitative estimate of drug-likeness (QED) is 0.241. The van der Waals surface area contributed by atoms with Crippen LogP contribution in [0.5, 0.6) is 0 Å². The van der Waals surface area contributed by atoms with Crippen LogP contribution in [0, 0.1) is 11.8 Å². The van der Waals surface area contributed by atoms with Gasteiger partial charge in [0.2, 0.25) is 0 Å². The van der Waals surface area contributed by atoms with E-state index in [1.165, 1.54) is 32.1 Å². The molecule has 0 aliphatic heterocycles. The summed E-state index contributed by atoms with van der Waals surface area (Å²) in [6.07, 6.45) is 16.8. The topological polar surface area (TPSA) is 87.0 Å². The van der Waals surface area contributed by atoms with Crippen LogP contribution in [0.25, 0.3) is 0 Å². The first-order valence-corrected chi connectivity index (χ1v) is 10.3. The number of hydrogen-bond donors (Lipinski definition) is 3. The van der Waals surface area contributed by atoms with Crippen molar-refractivity contribution in [1.29, 1.82) is 0 Å². The van der Waals surface area contributed by atoms with Crippen molar-refractivity contribution in [3.05, 3.63) is 12.2 Å². The van der Waals surface area contributed by atoms with Gasteiger partial charge in [-0.25, -0.2) is 4.79 Å². The number of aliphatic carboxylic acids is 1. The molecule has 3 N–H and O–H groups in total. The molecule has 26 heavy (non-hydrogen) atoms. The SMILES string of the molecule is CCCCCCC=C[C@@H]1[C@@H](CCCCCC(O)(O)C(=O)O)CC[C@H]1OC. The summed E-state index contributed by atoms with van der Waals surface area (Å²) in [5, 5.41) is 27.3. The molecule has 0 aromatic heterocycles. The van der Waals surface area contributed by atoms with Crippen LogP contribution >= 0.6 is 0 Å². The van der Waals surface area contributed by atoms with Crippen molar-refractivity contribution in [1.82, 2.24) is 0 Å². The van der Waals surface area contributed by atoms with Gasteiger partial charge in [-0.15, -0.1) is 0 Å². The monoisotopic (exact) mass is 370 g/mol. The molecule has 0 radical (unpaired) electrons. The highest BCUT2D eigenvalue weighted by atomic mass is 16.5. The Morgan fingerprint density at radius 2 is 1.85 bits per heavy atom. The molecule has 1 rings (SSSR count). The van der Waals surface area contributed by atoms with Gasteiger partial charge in [0.05, 0.1) is 6.10 Å². The van der Waals surface area contributed by atoms with Crippen molar-refractivity contribution >= 4 is 5.97 Å². The zero-order valence-corrected chi connectivity index (χ0v) is 16.5. The van der Waals surface area contributed by atoms with Gasteiger partial charge in [0.15, 0.2) is 0 Å². The van der Waals surface area contributed by atoms with E-state index in [1.807, 2.05) is 0 Å². The van der Waals surface area contributed by atoms with E-state index in [4.69, 9.17) is 9.84 Å². The lowest BCUT2D eigenvalue weighted by molar-refractivity contribution is -0.205. The first-order chi connectivity index (χ1) is 12.4. The molecule has 5 nitrogen and oxygen atoms in total. The van der Waals surface area contributed by atoms with Crippen LogP contribution in [0.15, 0.2) is 12.2 Å². The fraction of sp³-hybridized carbons (Fsp3) is 0.857. The Labute approximate surface area is 158 Å². The molecule has 0 aromatic rings. The zero-order chi connectivity index (χ0) is 19.4. The molecule has 0 heterocycles. The highest BCUT2D eigenvalue weighted by molar-refractivity contribution is 5.74. The molecule has 1 aliphatic rings. The van der Waals surface area contributed by atoms with Gasteiger partial charge >= 0.3 is 5.97 Å². The van der Waals surface area contributed by atoms with Crippen LogP contribution in [-0.4, -0.2) is 40.3 Å². The van der Waals surface area contributed by atoms with E-state index in [2.05, 4.69) is 19.1 Å². The molecule has 0 bridgehead atoms. The van der Waals surface area contributed by atoms with Crippen molar-refractivity contribution in [3.63, 3.8) is 0 Å². The summed E-state index contributed by atoms with van der Waals surface area (Å²) in [4.78, 5) is 10.7. The van der Waals surface area contributed by atoms with Crippen molar-refractivity contribution in [2.45, 2.75) is 95.9 Å². The molecule has 0 spiro atoms. The van der Waals surface area contributed by atoms with Gasteiger partial charge in [-0.3, -0.25) is 0 Å². The molecule has 0 aromatic carbocycles. The highest BCUT2D eigenvalue weighted by Gasteiger charge is 2.34. The van der Waals surface area contributed by atoms with Crippen LogP contribution in [0.1, 0.15) is 84.0 Å². The normalized spacial score (nSPS) is 23.8. The molecule has 1 saturated carbocycles. The average molecular weight is 371 g/mol. The van der Waals surface area contributed by atoms with Crippen LogP contribution in [0.4, 0.5) is 0 Å². The molecule has 3 atom stereocenters. The summed E-state index contributed by atoms with van der Waals surface area (Å²) >= 11 is 0. The maximum atomic E-state index is 10.7. The summed E-state index contributed by atoms with van der Waals surface area (Å²) in [6.45, 7) is 2.23. The summed E-state index contributed by atoms with van der Waals surface area (Å²) in [5.41, 5.74) is 0. The molecule has 0 unspecified atom stereocenters. The Balaban J connectivity index is 2.32. The molecule has 0 saturated heterocycles. The number of methoxy groups -OCH3 is 1. The third-order valence-corrected chi connectivity index (χ3v) is 5.62. The Morgan fingerprint density at radius 3 is 2.50 bits per heavy atom. The zero-order valence-electron chi connectivity index (χ0n) is 16.5. The first-order valence-electron chi connectivity index (χ1n) is 10.3. The third-order valence-electron chi connectivity index (χ3n) is 5.62. The fourth-order valence-electron chi connectivity index (χ4n) is 3.96. The number of rotatable bonds is 14. The van der Waals surface area contributed by atoms with Crippen molar-refractivity contribution in [2.24, 2.45) is 11.8 Å². The summed E-state index contributed by atoms with van der Waals surface area (Å²) < 4.78 is 5.67. The largest absolute Gasteiger partial charge is 0.477 e. The second-order valence-electron chi connectivity index (χ2n) is 7.69. The van der Waals surface area contributed by atoms with Gasteiger partial charge in [0.25, 0.3) is 5.79 Å². The number of carboxylic acid groups (broad SMARTS) is 1. The number of unbranched alkanes of at least 4 members (excludes halogenated alkanes) is 6. The predicted octanol–water partition coefficient (Wildman–Crippen LogP) is 4.27. The summed E-state index contributed by atoms with van der Waals surface area (Å²) in [5.74, 6) is -3.07. The van der Waals surface area contributed by atoms with Crippen molar-refractivity contribution in [3.8, 4) is 0 Å². The number of carbonyl (C=O) groups is 1. The first kappa shape index (κ1) is 23.1. The molecular formula is C21H38O5. The van der Waals surface area contributed by atoms with Crippen LogP contribution in [0.3, 0.4) is 0 Å². The molecule has 0 amide bonds. The maximum Gasteiger partial charge on any atom is 0.364 e. The maximum absolute atomic E-state index is 10.7. The highest BCUT2D eigenvalue weighted by Crippen LogP contribution is 2.38. The smallest absolute Gasteiger partial charge is 0.364 e. The predicted molar refractivity (Wildman–Crippen MR) is 103 cm³/mol. The fourth-order valence-corrected chi connectivity index (χ4v) is 3.96. The lowest BCUT2D eigenvalue weighted by Crippen LogP contribution is -2.37. The van der Waals surface area contributed by atoms with E-state index in [1.54, 1.807) is 7.11 Å². The Morgan fingerprint density at radius 1 is 1.12 bits per heavy atom. The van der Waals surface area contributed by atoms with Gasteiger partial charge in [-0.1, -0.05) is 51.2 Å². The minimum atomic E-state index is -2.59. The number of allylic oxidation sites excluding steroid dienone is 1.